The molecule has 0 radical (unpaired) electrons. The molecule has 76 valence electrons. The Morgan fingerprint density at radius 2 is 2.23 bits per heavy atom. The largest absolute Gasteiger partial charge is 0.326 e. The van der Waals surface area contributed by atoms with Gasteiger partial charge in [-0.25, -0.2) is 4.79 Å². The van der Waals surface area contributed by atoms with E-state index in [4.69, 9.17) is 0 Å². The van der Waals surface area contributed by atoms with Crippen LogP contribution in [0, 0.1) is 0 Å². The van der Waals surface area contributed by atoms with Crippen molar-refractivity contribution in [1.82, 2.24) is 15.1 Å². The Kier molecular flexibility index (Phi) is 3.54. The first-order chi connectivity index (χ1) is 6.19. The zero-order chi connectivity index (χ0) is 9.84. The smallest absolute Gasteiger partial charge is 0.319 e. The molecule has 1 fully saturated rings. The lowest BCUT2D eigenvalue weighted by Gasteiger charge is -2.21. The maximum Gasteiger partial charge on any atom is 0.319 e. The van der Waals surface area contributed by atoms with Gasteiger partial charge in [0.2, 0.25) is 0 Å². The van der Waals surface area contributed by atoms with E-state index in [1.165, 1.54) is 0 Å². The predicted octanol–water partition coefficient (Wildman–Crippen LogP) is 0.352. The predicted molar refractivity (Wildman–Crippen MR) is 52.7 cm³/mol. The summed E-state index contributed by atoms with van der Waals surface area (Å²) >= 11 is 0. The fourth-order valence-corrected chi connectivity index (χ4v) is 1.56. The zero-order valence-electron chi connectivity index (χ0n) is 8.71. The number of carbonyl (C=O) groups excluding carboxylic acids is 1. The molecule has 4 nitrogen and oxygen atoms in total. The molecule has 2 amide bonds. The highest BCUT2D eigenvalue weighted by molar-refractivity contribution is 5.76. The second-order valence-electron chi connectivity index (χ2n) is 3.54. The van der Waals surface area contributed by atoms with Crippen molar-refractivity contribution in [1.29, 1.82) is 0 Å². The molecule has 1 rings (SSSR count). The first kappa shape index (κ1) is 10.3. The molecular weight excluding hydrogens is 166 g/mol. The number of nitrogens with zero attached hydrogens (tertiary/aromatic N) is 2. The fourth-order valence-electron chi connectivity index (χ4n) is 1.56. The Bertz CT molecular complexity index is 180. The molecule has 1 N–H and O–H groups in total. The van der Waals surface area contributed by atoms with Crippen LogP contribution in [0.5, 0.6) is 0 Å². The van der Waals surface area contributed by atoms with Crippen molar-refractivity contribution in [2.45, 2.75) is 19.4 Å². The van der Waals surface area contributed by atoms with E-state index in [0.717, 1.165) is 26.1 Å². The second kappa shape index (κ2) is 4.46. The molecule has 1 unspecified atom stereocenters. The fraction of sp³-hybridized carbons (Fsp3) is 0.889. The third-order valence-electron chi connectivity index (χ3n) is 2.64. The molecule has 0 aromatic carbocycles. The minimum atomic E-state index is 0.161. The van der Waals surface area contributed by atoms with Crippen molar-refractivity contribution in [2.24, 2.45) is 0 Å². The van der Waals surface area contributed by atoms with Crippen LogP contribution in [-0.2, 0) is 0 Å². The lowest BCUT2D eigenvalue weighted by Crippen LogP contribution is -2.40. The molecule has 0 saturated carbocycles. The minimum absolute atomic E-state index is 0.161. The molecule has 0 spiro atoms. The van der Waals surface area contributed by atoms with E-state index in [9.17, 15) is 4.79 Å². The molecule has 13 heavy (non-hydrogen) atoms. The van der Waals surface area contributed by atoms with Crippen LogP contribution in [0.15, 0.2) is 0 Å². The second-order valence-corrected chi connectivity index (χ2v) is 3.54. The van der Waals surface area contributed by atoms with Gasteiger partial charge in [0, 0.05) is 32.7 Å². The molecule has 1 atom stereocenters. The lowest BCUT2D eigenvalue weighted by atomic mass is 10.2. The van der Waals surface area contributed by atoms with Crippen LogP contribution in [0.3, 0.4) is 0 Å². The van der Waals surface area contributed by atoms with E-state index in [1.54, 1.807) is 4.90 Å². The zero-order valence-corrected chi connectivity index (χ0v) is 8.71. The first-order valence-electron chi connectivity index (χ1n) is 4.86. The molecule has 0 bridgehead atoms. The molecule has 0 aliphatic carbocycles. The summed E-state index contributed by atoms with van der Waals surface area (Å²) in [6, 6.07) is 0.587. The normalized spacial score (nSPS) is 19.8. The van der Waals surface area contributed by atoms with Gasteiger partial charge in [-0.05, 0) is 13.5 Å². The molecular formula is C9H19N3O. The number of carbonyl (C=O) groups is 1. The topological polar surface area (TPSA) is 35.6 Å². The number of likely N-dealkylation sites (N-methyl/N-ethyl adjacent to an activating group) is 2. The Labute approximate surface area is 79.9 Å². The van der Waals surface area contributed by atoms with Gasteiger partial charge in [0.25, 0.3) is 0 Å². The highest BCUT2D eigenvalue weighted by atomic mass is 16.2. The first-order valence-corrected chi connectivity index (χ1v) is 4.86. The molecule has 1 saturated heterocycles. The van der Waals surface area contributed by atoms with Crippen LogP contribution < -0.4 is 5.32 Å². The third-order valence-corrected chi connectivity index (χ3v) is 2.64. The van der Waals surface area contributed by atoms with Crippen molar-refractivity contribution in [3.8, 4) is 0 Å². The summed E-state index contributed by atoms with van der Waals surface area (Å²) in [5, 5.41) is 3.20. The standard InChI is InChI=1S/C9H19N3O/c1-4-8(10-2)7-12-6-5-11(3)9(12)13/h8,10H,4-7H2,1-3H3. The summed E-state index contributed by atoms with van der Waals surface area (Å²) in [4.78, 5) is 15.2. The van der Waals surface area contributed by atoms with Gasteiger partial charge >= 0.3 is 6.03 Å². The summed E-state index contributed by atoms with van der Waals surface area (Å²) < 4.78 is 0. The van der Waals surface area contributed by atoms with Crippen molar-refractivity contribution in [3.05, 3.63) is 0 Å². The van der Waals surface area contributed by atoms with Crippen molar-refractivity contribution in [2.75, 3.05) is 33.7 Å². The quantitative estimate of drug-likeness (QED) is 0.686. The van der Waals surface area contributed by atoms with Crippen molar-refractivity contribution in [3.63, 3.8) is 0 Å². The summed E-state index contributed by atoms with van der Waals surface area (Å²) in [6.07, 6.45) is 1.06. The van der Waals surface area contributed by atoms with Gasteiger partial charge in [0.1, 0.15) is 0 Å². The van der Waals surface area contributed by atoms with E-state index >= 15 is 0 Å². The number of hydrogen-bond acceptors (Lipinski definition) is 2. The highest BCUT2D eigenvalue weighted by Crippen LogP contribution is 2.07. The number of amides is 2. The SMILES string of the molecule is CCC(CN1CCN(C)C1=O)NC. The van der Waals surface area contributed by atoms with E-state index in [1.807, 2.05) is 19.0 Å². The van der Waals surface area contributed by atoms with Crippen LogP contribution in [0.25, 0.3) is 0 Å². The summed E-state index contributed by atoms with van der Waals surface area (Å²) in [7, 11) is 3.79. The van der Waals surface area contributed by atoms with Crippen LogP contribution >= 0.6 is 0 Å². The third kappa shape index (κ3) is 2.34. The molecule has 1 aliphatic heterocycles. The number of hydrogen-bond donors (Lipinski definition) is 1. The van der Waals surface area contributed by atoms with Gasteiger partial charge in [-0.3, -0.25) is 0 Å². The van der Waals surface area contributed by atoms with Gasteiger partial charge in [0.15, 0.2) is 0 Å². The number of urea groups is 1. The van der Waals surface area contributed by atoms with Gasteiger partial charge in [-0.1, -0.05) is 6.92 Å². The van der Waals surface area contributed by atoms with Gasteiger partial charge < -0.3 is 15.1 Å². The van der Waals surface area contributed by atoms with E-state index in [0.29, 0.717) is 6.04 Å². The van der Waals surface area contributed by atoms with Crippen LogP contribution in [-0.4, -0.2) is 55.6 Å². The van der Waals surface area contributed by atoms with Crippen LogP contribution in [0.1, 0.15) is 13.3 Å². The molecule has 0 aromatic rings. The van der Waals surface area contributed by atoms with Crippen molar-refractivity contribution >= 4 is 6.03 Å². The number of nitrogens with one attached hydrogen (secondary N) is 1. The minimum Gasteiger partial charge on any atom is -0.326 e. The monoisotopic (exact) mass is 185 g/mol. The van der Waals surface area contributed by atoms with Crippen LogP contribution in [0.4, 0.5) is 4.79 Å². The average Bonchev–Trinajstić information content (AvgIpc) is 2.45. The van der Waals surface area contributed by atoms with Gasteiger partial charge in [-0.2, -0.15) is 0 Å². The van der Waals surface area contributed by atoms with Gasteiger partial charge in [0.05, 0.1) is 0 Å². The molecule has 1 aliphatic rings. The Hall–Kier alpha value is -0.770. The van der Waals surface area contributed by atoms with E-state index < -0.39 is 0 Å². The maximum atomic E-state index is 11.5. The molecule has 4 heteroatoms. The number of rotatable bonds is 4. The van der Waals surface area contributed by atoms with Crippen molar-refractivity contribution < 1.29 is 4.79 Å². The summed E-state index contributed by atoms with van der Waals surface area (Å²) in [5.74, 6) is 0. The molecule has 1 heterocycles. The summed E-state index contributed by atoms with van der Waals surface area (Å²) in [6.45, 7) is 4.69. The maximum absolute atomic E-state index is 11.5. The van der Waals surface area contributed by atoms with Crippen LogP contribution in [0.2, 0.25) is 0 Å². The van der Waals surface area contributed by atoms with Gasteiger partial charge in [-0.15, -0.1) is 0 Å². The lowest BCUT2D eigenvalue weighted by molar-refractivity contribution is 0.194. The Morgan fingerprint density at radius 3 is 2.62 bits per heavy atom. The molecule has 0 aromatic heterocycles. The van der Waals surface area contributed by atoms with E-state index in [2.05, 4.69) is 12.2 Å². The Morgan fingerprint density at radius 1 is 1.54 bits per heavy atom. The average molecular weight is 185 g/mol. The van der Waals surface area contributed by atoms with E-state index in [-0.39, 0.29) is 6.03 Å². The summed E-state index contributed by atoms with van der Waals surface area (Å²) in [5.41, 5.74) is 0. The highest BCUT2D eigenvalue weighted by Gasteiger charge is 2.26. The Balaban J connectivity index is 2.41.